The van der Waals surface area contributed by atoms with Crippen molar-refractivity contribution >= 4 is 16.2 Å². The lowest BCUT2D eigenvalue weighted by molar-refractivity contribution is 0.00583. The predicted octanol–water partition coefficient (Wildman–Crippen LogP) is 3.20. The van der Waals surface area contributed by atoms with Gasteiger partial charge in [-0.1, -0.05) is 6.07 Å². The van der Waals surface area contributed by atoms with Gasteiger partial charge in [-0.25, -0.2) is 4.79 Å². The van der Waals surface area contributed by atoms with Crippen LogP contribution in [0.15, 0.2) is 18.3 Å². The Morgan fingerprint density at radius 1 is 1.22 bits per heavy atom. The van der Waals surface area contributed by atoms with Crippen molar-refractivity contribution in [3.8, 4) is 0 Å². The van der Waals surface area contributed by atoms with E-state index in [2.05, 4.69) is 4.98 Å². The Bertz CT molecular complexity index is 771. The Morgan fingerprint density at radius 3 is 2.33 bits per heavy atom. The van der Waals surface area contributed by atoms with Gasteiger partial charge < -0.3 is 9.64 Å². The lowest BCUT2D eigenvalue weighted by atomic mass is 9.86. The number of nitrogens with zero attached hydrogens (tertiary/aromatic N) is 2. The summed E-state index contributed by atoms with van der Waals surface area (Å²) in [5, 5.41) is 0. The van der Waals surface area contributed by atoms with Crippen molar-refractivity contribution in [2.75, 3.05) is 6.26 Å². The summed E-state index contributed by atoms with van der Waals surface area (Å²) in [7, 11) is -3.48. The van der Waals surface area contributed by atoms with Crippen LogP contribution in [0.3, 0.4) is 0 Å². The molecule has 27 heavy (non-hydrogen) atoms. The van der Waals surface area contributed by atoms with Gasteiger partial charge in [0.05, 0.1) is 11.9 Å². The van der Waals surface area contributed by atoms with E-state index in [4.69, 9.17) is 8.92 Å². The smallest absolute Gasteiger partial charge is 0.410 e. The zero-order valence-corrected chi connectivity index (χ0v) is 17.2. The lowest BCUT2D eigenvalue weighted by Crippen LogP contribution is -2.48. The summed E-state index contributed by atoms with van der Waals surface area (Å²) in [6.07, 6.45) is 6.43. The van der Waals surface area contributed by atoms with Gasteiger partial charge >= 0.3 is 6.09 Å². The van der Waals surface area contributed by atoms with Crippen LogP contribution in [0, 0.1) is 0 Å². The Hall–Kier alpha value is -1.67. The van der Waals surface area contributed by atoms with E-state index in [0.717, 1.165) is 37.5 Å². The largest absolute Gasteiger partial charge is 0.444 e. The number of fused-ring (bicyclic) bond motifs is 2. The summed E-state index contributed by atoms with van der Waals surface area (Å²) in [5.74, 6) is 0.346. The minimum Gasteiger partial charge on any atom is -0.444 e. The maximum atomic E-state index is 12.5. The number of carbonyl (C=O) groups excluding carboxylic acids is 1. The number of hydrogen-bond donors (Lipinski definition) is 0. The monoisotopic (exact) mass is 396 g/mol. The molecule has 0 aliphatic carbocycles. The Kier molecular flexibility index (Phi) is 5.49. The van der Waals surface area contributed by atoms with Crippen LogP contribution in [-0.2, 0) is 25.6 Å². The molecule has 0 spiro atoms. The van der Waals surface area contributed by atoms with E-state index in [9.17, 15) is 13.2 Å². The molecule has 0 aromatic carbocycles. The molecule has 150 valence electrons. The molecule has 1 amide bonds. The van der Waals surface area contributed by atoms with Crippen LogP contribution in [0.2, 0.25) is 0 Å². The van der Waals surface area contributed by atoms with Crippen molar-refractivity contribution in [2.24, 2.45) is 0 Å². The zero-order chi connectivity index (χ0) is 19.8. The highest BCUT2D eigenvalue weighted by molar-refractivity contribution is 7.85. The summed E-state index contributed by atoms with van der Waals surface area (Å²) in [5.41, 5.74) is 1.22. The van der Waals surface area contributed by atoms with Gasteiger partial charge in [-0.2, -0.15) is 8.42 Å². The highest BCUT2D eigenvalue weighted by Crippen LogP contribution is 2.43. The van der Waals surface area contributed by atoms with Gasteiger partial charge in [0.25, 0.3) is 10.1 Å². The van der Waals surface area contributed by atoms with Crippen molar-refractivity contribution in [3.05, 3.63) is 29.6 Å². The summed E-state index contributed by atoms with van der Waals surface area (Å²) < 4.78 is 32.5. The number of pyridine rings is 1. The molecule has 0 radical (unpaired) electrons. The van der Waals surface area contributed by atoms with Gasteiger partial charge in [-0.3, -0.25) is 9.17 Å². The van der Waals surface area contributed by atoms with Gasteiger partial charge in [0, 0.05) is 18.3 Å². The van der Waals surface area contributed by atoms with Gasteiger partial charge in [0.15, 0.2) is 0 Å². The molecular weight excluding hydrogens is 368 g/mol. The fourth-order valence-corrected chi connectivity index (χ4v) is 4.33. The number of hydrogen-bond acceptors (Lipinski definition) is 6. The maximum Gasteiger partial charge on any atom is 0.410 e. The fourth-order valence-electron chi connectivity index (χ4n) is 3.99. The van der Waals surface area contributed by atoms with E-state index < -0.39 is 15.7 Å². The van der Waals surface area contributed by atoms with E-state index in [1.807, 2.05) is 37.8 Å². The first-order valence-electron chi connectivity index (χ1n) is 9.32. The summed E-state index contributed by atoms with van der Waals surface area (Å²) in [4.78, 5) is 18.8. The second-order valence-electron chi connectivity index (χ2n) is 8.49. The van der Waals surface area contributed by atoms with Crippen molar-refractivity contribution in [3.63, 3.8) is 0 Å². The van der Waals surface area contributed by atoms with E-state index in [1.165, 1.54) is 0 Å². The lowest BCUT2D eigenvalue weighted by Gasteiger charge is -2.39. The van der Waals surface area contributed by atoms with Crippen molar-refractivity contribution in [1.82, 2.24) is 9.88 Å². The van der Waals surface area contributed by atoms with Crippen LogP contribution in [-0.4, -0.2) is 48.3 Å². The highest BCUT2D eigenvalue weighted by atomic mass is 32.2. The minimum absolute atomic E-state index is 0.0541. The molecular formula is C19H28N2O5S. The first-order chi connectivity index (χ1) is 12.5. The van der Waals surface area contributed by atoms with Gasteiger partial charge in [-0.05, 0) is 64.0 Å². The molecule has 2 aliphatic heterocycles. The highest BCUT2D eigenvalue weighted by Gasteiger charge is 2.45. The minimum atomic E-state index is -3.48. The second kappa shape index (κ2) is 7.39. The van der Waals surface area contributed by atoms with Crippen molar-refractivity contribution in [1.29, 1.82) is 0 Å². The standard InChI is InChI=1S/C19H28N2O5S/c1-19(2,3)26-18(22)21-16-7-8-17(21)10-14(9-16)13-5-6-15(20-11-13)12-25-27(4,23)24/h5-6,11,14,16-17H,7-10,12H2,1-4H3. The van der Waals surface area contributed by atoms with Crippen LogP contribution in [0.1, 0.15) is 63.6 Å². The molecule has 3 rings (SSSR count). The van der Waals surface area contributed by atoms with Gasteiger partial charge in [0.2, 0.25) is 0 Å². The summed E-state index contributed by atoms with van der Waals surface area (Å²) in [6, 6.07) is 4.21. The van der Waals surface area contributed by atoms with Crippen molar-refractivity contribution < 1.29 is 22.1 Å². The molecule has 2 unspecified atom stereocenters. The number of amides is 1. The van der Waals surface area contributed by atoms with Crippen LogP contribution in [0.4, 0.5) is 4.79 Å². The third kappa shape index (κ3) is 5.19. The molecule has 2 aliphatic rings. The number of ether oxygens (including phenoxy) is 1. The summed E-state index contributed by atoms with van der Waals surface area (Å²) in [6.45, 7) is 5.61. The molecule has 1 aromatic rings. The van der Waals surface area contributed by atoms with E-state index in [-0.39, 0.29) is 24.8 Å². The molecule has 1 aromatic heterocycles. The second-order valence-corrected chi connectivity index (χ2v) is 10.1. The Balaban J connectivity index is 1.63. The number of rotatable bonds is 4. The molecule has 8 heteroatoms. The number of aromatic nitrogens is 1. The molecule has 2 atom stereocenters. The van der Waals surface area contributed by atoms with E-state index in [1.54, 1.807) is 6.20 Å². The maximum absolute atomic E-state index is 12.5. The average molecular weight is 397 g/mol. The van der Waals surface area contributed by atoms with E-state index in [0.29, 0.717) is 11.6 Å². The van der Waals surface area contributed by atoms with Crippen LogP contribution >= 0.6 is 0 Å². The first-order valence-corrected chi connectivity index (χ1v) is 11.1. The van der Waals surface area contributed by atoms with Crippen LogP contribution < -0.4 is 0 Å². The van der Waals surface area contributed by atoms with Crippen molar-refractivity contribution in [2.45, 2.75) is 76.7 Å². The SMILES string of the molecule is CC(C)(C)OC(=O)N1C2CCC1CC(c1ccc(COS(C)(=O)=O)nc1)C2. The molecule has 3 heterocycles. The molecule has 0 N–H and O–H groups in total. The Morgan fingerprint density at radius 2 is 1.85 bits per heavy atom. The normalized spacial score (nSPS) is 25.5. The predicted molar refractivity (Wildman–Crippen MR) is 101 cm³/mol. The fraction of sp³-hybridized carbons (Fsp3) is 0.684. The average Bonchev–Trinajstić information content (AvgIpc) is 2.82. The molecule has 2 fully saturated rings. The quantitative estimate of drug-likeness (QED) is 0.727. The Labute approximate surface area is 161 Å². The van der Waals surface area contributed by atoms with E-state index >= 15 is 0 Å². The molecule has 7 nitrogen and oxygen atoms in total. The molecule has 0 saturated carbocycles. The third-order valence-electron chi connectivity index (χ3n) is 5.08. The van der Waals surface area contributed by atoms with Crippen LogP contribution in [0.5, 0.6) is 0 Å². The number of carbonyl (C=O) groups is 1. The zero-order valence-electron chi connectivity index (χ0n) is 16.3. The topological polar surface area (TPSA) is 85.8 Å². The molecule has 2 bridgehead atoms. The van der Waals surface area contributed by atoms with Crippen LogP contribution in [0.25, 0.3) is 0 Å². The number of piperidine rings is 1. The van der Waals surface area contributed by atoms with Gasteiger partial charge in [-0.15, -0.1) is 0 Å². The first kappa shape index (κ1) is 20.1. The molecule has 2 saturated heterocycles. The third-order valence-corrected chi connectivity index (χ3v) is 5.62. The summed E-state index contributed by atoms with van der Waals surface area (Å²) >= 11 is 0. The van der Waals surface area contributed by atoms with Gasteiger partial charge in [0.1, 0.15) is 12.2 Å².